The number of amides is 1. The van der Waals surface area contributed by atoms with Gasteiger partial charge >= 0.3 is 0 Å². The summed E-state index contributed by atoms with van der Waals surface area (Å²) in [4.78, 5) is 12.7. The molecule has 0 unspecified atom stereocenters. The predicted octanol–water partition coefficient (Wildman–Crippen LogP) is 3.04. The Balaban J connectivity index is 1.54. The number of piperidine rings is 1. The normalized spacial score (nSPS) is 19.1. The number of rotatable bonds is 7. The van der Waals surface area contributed by atoms with E-state index in [4.69, 9.17) is 4.74 Å². The van der Waals surface area contributed by atoms with Gasteiger partial charge in [0.2, 0.25) is 5.91 Å². The van der Waals surface area contributed by atoms with E-state index in [9.17, 15) is 13.2 Å². The molecule has 1 N–H and O–H groups in total. The van der Waals surface area contributed by atoms with Crippen LogP contribution in [-0.2, 0) is 14.8 Å². The van der Waals surface area contributed by atoms with E-state index in [1.165, 1.54) is 15.6 Å². The van der Waals surface area contributed by atoms with Crippen LogP contribution in [0.25, 0.3) is 0 Å². The van der Waals surface area contributed by atoms with Gasteiger partial charge in [-0.15, -0.1) is 11.3 Å². The first kappa shape index (κ1) is 20.8. The molecule has 0 aliphatic carbocycles. The van der Waals surface area contributed by atoms with E-state index in [-0.39, 0.29) is 24.4 Å². The average Bonchev–Trinajstić information content (AvgIpc) is 3.23. The first-order valence-corrected chi connectivity index (χ1v) is 11.7. The zero-order valence-corrected chi connectivity index (χ0v) is 17.8. The summed E-state index contributed by atoms with van der Waals surface area (Å²) in [6, 6.07) is 10.9. The molecule has 0 saturated carbocycles. The van der Waals surface area contributed by atoms with Crippen LogP contribution in [-0.4, -0.2) is 44.4 Å². The largest absolute Gasteiger partial charge is 0.491 e. The zero-order valence-electron chi connectivity index (χ0n) is 16.1. The molecule has 1 amide bonds. The quantitative estimate of drug-likeness (QED) is 0.744. The highest BCUT2D eigenvalue weighted by molar-refractivity contribution is 7.91. The molecule has 1 aromatic heterocycles. The fourth-order valence-corrected chi connectivity index (χ4v) is 5.92. The summed E-state index contributed by atoms with van der Waals surface area (Å²) >= 11 is 1.20. The molecule has 2 heterocycles. The Bertz CT molecular complexity index is 897. The van der Waals surface area contributed by atoms with E-state index in [1.807, 2.05) is 38.1 Å². The second-order valence-electron chi connectivity index (χ2n) is 7.12. The van der Waals surface area contributed by atoms with Gasteiger partial charge in [0.15, 0.2) is 0 Å². The second kappa shape index (κ2) is 9.07. The van der Waals surface area contributed by atoms with E-state index in [0.717, 1.165) is 11.3 Å². The van der Waals surface area contributed by atoms with Crippen molar-refractivity contribution < 1.29 is 17.9 Å². The van der Waals surface area contributed by atoms with Crippen molar-refractivity contribution in [1.29, 1.82) is 0 Å². The molecule has 1 aliphatic heterocycles. The van der Waals surface area contributed by atoms with Crippen molar-refractivity contribution in [3.63, 3.8) is 0 Å². The number of carbonyl (C=O) groups is 1. The van der Waals surface area contributed by atoms with E-state index in [1.54, 1.807) is 17.5 Å². The van der Waals surface area contributed by atoms with Crippen molar-refractivity contribution in [2.45, 2.75) is 36.9 Å². The second-order valence-corrected chi connectivity index (χ2v) is 10.2. The summed E-state index contributed by atoms with van der Waals surface area (Å²) in [6.45, 7) is 4.90. The molecule has 1 aliphatic rings. The van der Waals surface area contributed by atoms with Crippen LogP contribution in [0.1, 0.15) is 25.3 Å². The number of ether oxygens (including phenoxy) is 1. The lowest BCUT2D eigenvalue weighted by Gasteiger charge is -2.31. The Hall–Kier alpha value is -1.90. The minimum atomic E-state index is -3.52. The van der Waals surface area contributed by atoms with Crippen molar-refractivity contribution in [3.05, 3.63) is 47.3 Å². The van der Waals surface area contributed by atoms with Crippen molar-refractivity contribution in [2.75, 3.05) is 19.7 Å². The first-order valence-electron chi connectivity index (χ1n) is 9.40. The number of sulfonamides is 1. The van der Waals surface area contributed by atoms with Crippen molar-refractivity contribution in [3.8, 4) is 5.75 Å². The number of hydrogen-bond acceptors (Lipinski definition) is 5. The summed E-state index contributed by atoms with van der Waals surface area (Å²) in [5.74, 6) is 0.339. The predicted molar refractivity (Wildman–Crippen MR) is 110 cm³/mol. The summed E-state index contributed by atoms with van der Waals surface area (Å²) in [5, 5.41) is 4.71. The lowest BCUT2D eigenvalue weighted by Crippen LogP contribution is -2.47. The van der Waals surface area contributed by atoms with Crippen LogP contribution in [0.3, 0.4) is 0 Å². The number of carbonyl (C=O) groups excluding carboxylic acids is 1. The molecule has 152 valence electrons. The summed E-state index contributed by atoms with van der Waals surface area (Å²) in [7, 11) is -3.52. The zero-order chi connectivity index (χ0) is 20.1. The number of hydrogen-bond donors (Lipinski definition) is 1. The number of para-hydroxylation sites is 1. The van der Waals surface area contributed by atoms with Gasteiger partial charge < -0.3 is 10.1 Å². The van der Waals surface area contributed by atoms with E-state index in [0.29, 0.717) is 30.2 Å². The highest BCUT2D eigenvalue weighted by atomic mass is 32.2. The molecule has 0 radical (unpaired) electrons. The molecular formula is C20H26N2O4S2. The average molecular weight is 423 g/mol. The molecule has 3 rings (SSSR count). The van der Waals surface area contributed by atoms with Crippen LogP contribution < -0.4 is 10.1 Å². The fourth-order valence-electron chi connectivity index (χ4n) is 3.25. The summed E-state index contributed by atoms with van der Waals surface area (Å²) < 4.78 is 33.0. The van der Waals surface area contributed by atoms with Crippen LogP contribution in [0.4, 0.5) is 0 Å². The molecule has 1 fully saturated rings. The number of benzene rings is 1. The lowest BCUT2D eigenvalue weighted by atomic mass is 9.98. The Morgan fingerprint density at radius 3 is 2.82 bits per heavy atom. The lowest BCUT2D eigenvalue weighted by molar-refractivity contribution is -0.126. The van der Waals surface area contributed by atoms with Crippen LogP contribution >= 0.6 is 11.3 Å². The van der Waals surface area contributed by atoms with Gasteiger partial charge in [0.25, 0.3) is 10.0 Å². The topological polar surface area (TPSA) is 75.7 Å². The summed E-state index contributed by atoms with van der Waals surface area (Å²) in [5.41, 5.74) is 1.04. The van der Waals surface area contributed by atoms with Gasteiger partial charge in [0.05, 0.1) is 12.0 Å². The molecule has 1 saturated heterocycles. The maximum Gasteiger partial charge on any atom is 0.252 e. The van der Waals surface area contributed by atoms with Gasteiger partial charge in [0.1, 0.15) is 16.6 Å². The first-order chi connectivity index (χ1) is 13.4. The molecule has 2 aromatic rings. The minimum Gasteiger partial charge on any atom is -0.491 e. The van der Waals surface area contributed by atoms with E-state index in [2.05, 4.69) is 5.32 Å². The Kier molecular flexibility index (Phi) is 6.74. The minimum absolute atomic E-state index is 0.119. The fraction of sp³-hybridized carbons (Fsp3) is 0.450. The third kappa shape index (κ3) is 4.92. The number of aryl methyl sites for hydroxylation is 1. The smallest absolute Gasteiger partial charge is 0.252 e. The highest BCUT2D eigenvalue weighted by Gasteiger charge is 2.34. The van der Waals surface area contributed by atoms with Gasteiger partial charge in [-0.05, 0) is 49.8 Å². The van der Waals surface area contributed by atoms with E-state index < -0.39 is 10.0 Å². The Morgan fingerprint density at radius 2 is 2.11 bits per heavy atom. The van der Waals surface area contributed by atoms with Crippen molar-refractivity contribution in [1.82, 2.24) is 9.62 Å². The van der Waals surface area contributed by atoms with Crippen molar-refractivity contribution >= 4 is 27.3 Å². The van der Waals surface area contributed by atoms with Gasteiger partial charge in [-0.1, -0.05) is 24.3 Å². The van der Waals surface area contributed by atoms with Gasteiger partial charge in [0, 0.05) is 13.1 Å². The molecule has 1 aromatic carbocycles. The molecule has 6 nitrogen and oxygen atoms in total. The Labute approximate surface area is 170 Å². The highest BCUT2D eigenvalue weighted by Crippen LogP contribution is 2.26. The maximum absolute atomic E-state index is 12.7. The third-order valence-electron chi connectivity index (χ3n) is 4.82. The number of nitrogens with one attached hydrogen (secondary N) is 1. The number of nitrogens with zero attached hydrogens (tertiary/aromatic N) is 1. The molecule has 0 bridgehead atoms. The Morgan fingerprint density at radius 1 is 1.32 bits per heavy atom. The van der Waals surface area contributed by atoms with Crippen LogP contribution in [0.5, 0.6) is 5.75 Å². The van der Waals surface area contributed by atoms with E-state index >= 15 is 0 Å². The maximum atomic E-state index is 12.7. The molecule has 28 heavy (non-hydrogen) atoms. The van der Waals surface area contributed by atoms with Crippen LogP contribution in [0.15, 0.2) is 46.0 Å². The van der Waals surface area contributed by atoms with Crippen LogP contribution in [0, 0.1) is 12.8 Å². The molecule has 2 atom stereocenters. The molecule has 8 heteroatoms. The monoisotopic (exact) mass is 422 g/mol. The van der Waals surface area contributed by atoms with Gasteiger partial charge in [-0.3, -0.25) is 4.79 Å². The number of thiophene rings is 1. The van der Waals surface area contributed by atoms with Crippen LogP contribution in [0.2, 0.25) is 0 Å². The molecule has 0 spiro atoms. The third-order valence-corrected chi connectivity index (χ3v) is 8.05. The van der Waals surface area contributed by atoms with Gasteiger partial charge in [-0.2, -0.15) is 4.31 Å². The van der Waals surface area contributed by atoms with Gasteiger partial charge in [-0.25, -0.2) is 8.42 Å². The van der Waals surface area contributed by atoms with Crippen molar-refractivity contribution in [2.24, 2.45) is 5.92 Å². The SMILES string of the molecule is Cc1ccccc1OC[C@H](C)NC(=O)[C@H]1CCCN(S(=O)(=O)c2cccs2)C1. The standard InChI is InChI=1S/C20H26N2O4S2/c1-15-7-3-4-9-18(15)26-14-16(2)21-20(23)17-8-5-11-22(13-17)28(24,25)19-10-6-12-27-19/h3-4,6-7,9-10,12,16-17H,5,8,11,13-14H2,1-2H3,(H,21,23)/t16-,17-/m0/s1. The summed E-state index contributed by atoms with van der Waals surface area (Å²) in [6.07, 6.45) is 1.37. The molecular weight excluding hydrogens is 396 g/mol.